The largest absolute Gasteiger partial charge is 0.394 e. The van der Waals surface area contributed by atoms with E-state index in [-0.39, 0.29) is 121 Å². The second-order valence-corrected chi connectivity index (χ2v) is 4.03. The van der Waals surface area contributed by atoms with Gasteiger partial charge in [0.1, 0.15) is 0 Å². The van der Waals surface area contributed by atoms with Crippen LogP contribution < -0.4 is 0 Å². The van der Waals surface area contributed by atoms with Crippen LogP contribution in [0.5, 0.6) is 0 Å². The molecule has 0 unspecified atom stereocenters. The van der Waals surface area contributed by atoms with Gasteiger partial charge in [-0.3, -0.25) is 27.3 Å². The quantitative estimate of drug-likeness (QED) is 0.137. The van der Waals surface area contributed by atoms with Gasteiger partial charge >= 0.3 is 31.2 Å². The third kappa shape index (κ3) is 1480. The van der Waals surface area contributed by atoms with Crippen molar-refractivity contribution in [2.24, 2.45) is 0 Å². The van der Waals surface area contributed by atoms with Gasteiger partial charge in [0.05, 0.1) is 0 Å². The summed E-state index contributed by atoms with van der Waals surface area (Å²) in [5.41, 5.74) is 0. The molecule has 0 bridgehead atoms. The molecule has 167 valence electrons. The van der Waals surface area contributed by atoms with E-state index < -0.39 is 31.2 Å². The summed E-state index contributed by atoms with van der Waals surface area (Å²) < 4.78 is 94.8. The SMILES string of the molecule is Cl.Cl.Cl.O=S(=O)(O)O.O=S(=O)(O)O.O=S(=O)(O)O.[Co].[Fe].[Ni].[Ni].[Ni]. The molecule has 0 rings (SSSR count). The Kier molecular flexibility index (Phi) is 103. The van der Waals surface area contributed by atoms with E-state index in [0.717, 1.165) is 0 Å². The molecule has 0 saturated carbocycles. The van der Waals surface area contributed by atoms with Gasteiger partial charge in [-0.1, -0.05) is 0 Å². The van der Waals surface area contributed by atoms with Gasteiger partial charge in [-0.2, -0.15) is 25.3 Å². The van der Waals surface area contributed by atoms with Crippen molar-refractivity contribution in [3.63, 3.8) is 0 Å². The van der Waals surface area contributed by atoms with Gasteiger partial charge in [0, 0.05) is 83.3 Å². The first-order valence-electron chi connectivity index (χ1n) is 2.10. The summed E-state index contributed by atoms with van der Waals surface area (Å²) in [6.07, 6.45) is 0. The third-order valence-corrected chi connectivity index (χ3v) is 0. The maximum atomic E-state index is 8.74. The molecule has 0 aliphatic heterocycles. The first-order valence-corrected chi connectivity index (χ1v) is 6.29. The standard InChI is InChI=1S/3ClH.Co.Fe.3Ni.3H2O4S/c;;;;;;;;3*1-5(2,3)4/h3*1H;;;;;;3*(H2,1,2,3,4). The van der Waals surface area contributed by atoms with Crippen molar-refractivity contribution < 1.29 is 136 Å². The van der Waals surface area contributed by atoms with Crippen molar-refractivity contribution in [2.75, 3.05) is 0 Å². The predicted octanol–water partition coefficient (Wildman–Crippen LogP) is -0.705. The Morgan fingerprint density at radius 3 is 0.435 bits per heavy atom. The number of hydrogen-bond acceptors (Lipinski definition) is 6. The Balaban J connectivity index is -0.00000000889. The molecule has 12 nitrogen and oxygen atoms in total. The number of halogens is 3. The molecule has 0 amide bonds. The molecule has 0 aromatic carbocycles. The molecule has 6 N–H and O–H groups in total. The predicted molar refractivity (Wildman–Crippen MR) is 64.3 cm³/mol. The van der Waals surface area contributed by atoms with Gasteiger partial charge in [0.2, 0.25) is 0 Å². The summed E-state index contributed by atoms with van der Waals surface area (Å²) in [7, 11) is -14.0. The van der Waals surface area contributed by atoms with Crippen molar-refractivity contribution >= 4 is 68.4 Å². The normalized spacial score (nSPS) is 7.57. The maximum Gasteiger partial charge on any atom is 0.394 e. The van der Waals surface area contributed by atoms with Gasteiger partial charge in [-0.15, -0.1) is 37.2 Å². The maximum absolute atomic E-state index is 8.74. The van der Waals surface area contributed by atoms with E-state index >= 15 is 0 Å². The molecule has 0 aromatic heterocycles. The first kappa shape index (κ1) is 72.2. The Hall–Kier alpha value is 2.99. The number of hydrogen-bond donors (Lipinski definition) is 6. The second kappa shape index (κ2) is 32.6. The Labute approximate surface area is 202 Å². The zero-order chi connectivity index (χ0) is 13.5. The molecule has 0 aliphatic rings. The van der Waals surface area contributed by atoms with E-state index in [4.69, 9.17) is 52.6 Å². The van der Waals surface area contributed by atoms with Gasteiger partial charge < -0.3 is 0 Å². The van der Waals surface area contributed by atoms with Crippen molar-refractivity contribution in [1.82, 2.24) is 0 Å². The van der Waals surface area contributed by atoms with Crippen molar-refractivity contribution in [2.45, 2.75) is 0 Å². The fourth-order valence-electron chi connectivity index (χ4n) is 0. The summed E-state index contributed by atoms with van der Waals surface area (Å²) in [5, 5.41) is 0. The van der Waals surface area contributed by atoms with Gasteiger partial charge in [-0.25, -0.2) is 0 Å². The van der Waals surface area contributed by atoms with Gasteiger partial charge in [0.15, 0.2) is 0 Å². The molecule has 0 fully saturated rings. The van der Waals surface area contributed by atoms with Gasteiger partial charge in [0.25, 0.3) is 0 Å². The molecule has 23 heteroatoms. The minimum absolute atomic E-state index is 0. The van der Waals surface area contributed by atoms with Crippen LogP contribution in [0.25, 0.3) is 0 Å². The molecule has 0 spiro atoms. The van der Waals surface area contributed by atoms with E-state index in [1.165, 1.54) is 0 Å². The molecular formula is H9Cl3CoFeNi3O12S3. The summed E-state index contributed by atoms with van der Waals surface area (Å²) in [5.74, 6) is 0. The average molecular weight is 694 g/mol. The van der Waals surface area contributed by atoms with Gasteiger partial charge in [-0.05, 0) is 0 Å². The number of rotatable bonds is 0. The van der Waals surface area contributed by atoms with Crippen LogP contribution in [0.1, 0.15) is 0 Å². The summed E-state index contributed by atoms with van der Waals surface area (Å²) >= 11 is 0. The molecule has 0 atom stereocenters. The molecule has 1 radical (unpaired) electrons. The van der Waals surface area contributed by atoms with Crippen LogP contribution in [0.4, 0.5) is 0 Å². The minimum atomic E-state index is -4.67. The van der Waals surface area contributed by atoms with Crippen LogP contribution in [-0.4, -0.2) is 52.6 Å². The molecule has 0 saturated heterocycles. The summed E-state index contributed by atoms with van der Waals surface area (Å²) in [6.45, 7) is 0. The average Bonchev–Trinajstić information content (AvgIpc) is 1.41. The Morgan fingerprint density at radius 2 is 0.435 bits per heavy atom. The molecular weight excluding hydrogens is 685 g/mol. The molecule has 0 aromatic rings. The zero-order valence-electron chi connectivity index (χ0n) is 9.22. The monoisotopic (exact) mass is 691 g/mol. The van der Waals surface area contributed by atoms with Crippen molar-refractivity contribution in [1.29, 1.82) is 0 Å². The van der Waals surface area contributed by atoms with Crippen LogP contribution in [0.15, 0.2) is 0 Å². The first-order chi connectivity index (χ1) is 6.00. The van der Waals surface area contributed by atoms with E-state index in [2.05, 4.69) is 0 Å². The topological polar surface area (TPSA) is 224 Å². The minimum Gasteiger partial charge on any atom is -0.264 e. The van der Waals surface area contributed by atoms with E-state index in [9.17, 15) is 0 Å². The molecule has 23 heavy (non-hydrogen) atoms. The van der Waals surface area contributed by atoms with E-state index in [0.29, 0.717) is 0 Å². The van der Waals surface area contributed by atoms with Crippen LogP contribution in [0.3, 0.4) is 0 Å². The van der Waals surface area contributed by atoms with E-state index in [1.54, 1.807) is 0 Å². The second-order valence-electron chi connectivity index (χ2n) is 1.34. The summed E-state index contributed by atoms with van der Waals surface area (Å²) in [4.78, 5) is 0. The van der Waals surface area contributed by atoms with Crippen molar-refractivity contribution in [3.05, 3.63) is 0 Å². The van der Waals surface area contributed by atoms with Crippen LogP contribution in [-0.2, 0) is 115 Å². The third-order valence-electron chi connectivity index (χ3n) is 0. The fourth-order valence-corrected chi connectivity index (χ4v) is 0. The van der Waals surface area contributed by atoms with Crippen LogP contribution in [0.2, 0.25) is 0 Å². The molecule has 0 aliphatic carbocycles. The van der Waals surface area contributed by atoms with E-state index in [1.807, 2.05) is 0 Å². The summed E-state index contributed by atoms with van der Waals surface area (Å²) in [6, 6.07) is 0. The van der Waals surface area contributed by atoms with Crippen LogP contribution >= 0.6 is 37.2 Å². The Morgan fingerprint density at radius 1 is 0.435 bits per heavy atom. The van der Waals surface area contributed by atoms with Crippen molar-refractivity contribution in [3.8, 4) is 0 Å². The van der Waals surface area contributed by atoms with Crippen LogP contribution in [0, 0.1) is 0 Å². The molecule has 0 heterocycles. The Bertz CT molecular complexity index is 368. The smallest absolute Gasteiger partial charge is 0.264 e. The fraction of sp³-hybridized carbons (Fsp3) is 0. The zero-order valence-corrected chi connectivity index (χ0v) is 19.2.